The summed E-state index contributed by atoms with van der Waals surface area (Å²) < 4.78 is 15.8. The first-order valence-corrected chi connectivity index (χ1v) is 12.5. The highest BCUT2D eigenvalue weighted by Gasteiger charge is 2.34. The SMILES string of the molecule is O=C(Cn1c(-c2ccc(Cl)cc2)nc2ccccc21)NN1C(=O)CSC1c1ccc(F)c(Br)c1. The maximum atomic E-state index is 13.7. The number of carbonyl (C=O) groups excluding carboxylic acids is 2. The molecule has 1 unspecified atom stereocenters. The highest BCUT2D eigenvalue weighted by atomic mass is 79.9. The largest absolute Gasteiger partial charge is 0.314 e. The molecule has 2 heterocycles. The molecule has 34 heavy (non-hydrogen) atoms. The first kappa shape index (κ1) is 22.9. The van der Waals surface area contributed by atoms with Gasteiger partial charge in [-0.1, -0.05) is 29.8 Å². The molecule has 1 fully saturated rings. The van der Waals surface area contributed by atoms with Gasteiger partial charge in [-0.05, 0) is 70.0 Å². The Balaban J connectivity index is 1.43. The lowest BCUT2D eigenvalue weighted by Crippen LogP contribution is -2.45. The number of hydrazine groups is 1. The van der Waals surface area contributed by atoms with E-state index in [1.165, 1.54) is 22.8 Å². The van der Waals surface area contributed by atoms with Gasteiger partial charge in [-0.2, -0.15) is 0 Å². The molecule has 0 aliphatic carbocycles. The normalized spacial score (nSPS) is 15.8. The molecule has 1 saturated heterocycles. The third kappa shape index (κ3) is 4.43. The molecule has 1 aliphatic rings. The van der Waals surface area contributed by atoms with E-state index in [1.54, 1.807) is 24.3 Å². The summed E-state index contributed by atoms with van der Waals surface area (Å²) >= 11 is 10.6. The Morgan fingerprint density at radius 2 is 1.94 bits per heavy atom. The van der Waals surface area contributed by atoms with Crippen LogP contribution in [0.1, 0.15) is 10.9 Å². The number of nitrogens with zero attached hydrogens (tertiary/aromatic N) is 3. The minimum absolute atomic E-state index is 0.0489. The molecule has 0 spiro atoms. The molecule has 0 saturated carbocycles. The number of nitrogens with one attached hydrogen (secondary N) is 1. The highest BCUT2D eigenvalue weighted by Crippen LogP contribution is 2.38. The van der Waals surface area contributed by atoms with Crippen LogP contribution in [0.3, 0.4) is 0 Å². The molecule has 5 rings (SSSR count). The van der Waals surface area contributed by atoms with E-state index in [1.807, 2.05) is 41.0 Å². The second-order valence-electron chi connectivity index (χ2n) is 7.65. The number of aromatic nitrogens is 2. The monoisotopic (exact) mass is 558 g/mol. The Bertz CT molecular complexity index is 1410. The van der Waals surface area contributed by atoms with Gasteiger partial charge in [0.1, 0.15) is 23.6 Å². The van der Waals surface area contributed by atoms with Gasteiger partial charge in [0.15, 0.2) is 0 Å². The van der Waals surface area contributed by atoms with Crippen LogP contribution in [0.25, 0.3) is 22.4 Å². The van der Waals surface area contributed by atoms with Crippen LogP contribution in [0, 0.1) is 5.82 Å². The van der Waals surface area contributed by atoms with Crippen LogP contribution < -0.4 is 5.43 Å². The Kier molecular flexibility index (Phi) is 6.33. The zero-order chi connectivity index (χ0) is 23.8. The number of benzene rings is 3. The maximum Gasteiger partial charge on any atom is 0.258 e. The number of imidazole rings is 1. The predicted octanol–water partition coefficient (Wildman–Crippen LogP) is 5.56. The number of halogens is 3. The quantitative estimate of drug-likeness (QED) is 0.348. The van der Waals surface area contributed by atoms with Crippen LogP contribution in [0.5, 0.6) is 0 Å². The first-order valence-electron chi connectivity index (χ1n) is 10.3. The smallest absolute Gasteiger partial charge is 0.258 e. The first-order chi connectivity index (χ1) is 16.4. The van der Waals surface area contributed by atoms with Crippen molar-refractivity contribution in [3.63, 3.8) is 0 Å². The summed E-state index contributed by atoms with van der Waals surface area (Å²) in [5.41, 5.74) is 5.82. The maximum absolute atomic E-state index is 13.7. The van der Waals surface area contributed by atoms with Crippen molar-refractivity contribution in [1.82, 2.24) is 20.0 Å². The summed E-state index contributed by atoms with van der Waals surface area (Å²) in [6, 6.07) is 19.3. The summed E-state index contributed by atoms with van der Waals surface area (Å²) in [6.07, 6.45) is 0. The molecule has 1 N–H and O–H groups in total. The van der Waals surface area contributed by atoms with Gasteiger partial charge in [0.2, 0.25) is 0 Å². The van der Waals surface area contributed by atoms with Gasteiger partial charge in [0.05, 0.1) is 21.3 Å². The molecular weight excluding hydrogens is 543 g/mol. The van der Waals surface area contributed by atoms with Gasteiger partial charge in [-0.25, -0.2) is 14.4 Å². The Labute approximate surface area is 212 Å². The lowest BCUT2D eigenvalue weighted by Gasteiger charge is -2.25. The average Bonchev–Trinajstić information content (AvgIpc) is 3.37. The second kappa shape index (κ2) is 9.40. The average molecular weight is 560 g/mol. The van der Waals surface area contributed by atoms with Crippen LogP contribution in [0.4, 0.5) is 4.39 Å². The van der Waals surface area contributed by atoms with Crippen molar-refractivity contribution >= 4 is 62.1 Å². The van der Waals surface area contributed by atoms with Crippen LogP contribution >= 0.6 is 39.3 Å². The highest BCUT2D eigenvalue weighted by molar-refractivity contribution is 9.10. The number of thioether (sulfide) groups is 1. The van der Waals surface area contributed by atoms with Crippen LogP contribution in [0.15, 0.2) is 71.2 Å². The summed E-state index contributed by atoms with van der Waals surface area (Å²) in [6.45, 7) is -0.0489. The number of fused-ring (bicyclic) bond motifs is 1. The summed E-state index contributed by atoms with van der Waals surface area (Å²) in [5.74, 6) is -0.161. The topological polar surface area (TPSA) is 67.2 Å². The van der Waals surface area contributed by atoms with E-state index in [0.717, 1.165) is 16.6 Å². The molecule has 1 aliphatic heterocycles. The van der Waals surface area contributed by atoms with Gasteiger partial charge in [-0.15, -0.1) is 11.8 Å². The van der Waals surface area contributed by atoms with Crippen molar-refractivity contribution < 1.29 is 14.0 Å². The van der Waals surface area contributed by atoms with Crippen molar-refractivity contribution in [3.8, 4) is 11.4 Å². The Morgan fingerprint density at radius 1 is 1.18 bits per heavy atom. The molecule has 2 amide bonds. The van der Waals surface area contributed by atoms with Crippen molar-refractivity contribution in [1.29, 1.82) is 0 Å². The standard InChI is InChI=1S/C24H17BrClFN4O2S/c25-17-11-15(7-10-18(17)27)24-31(22(33)13-34-24)29-21(32)12-30-20-4-2-1-3-19(20)28-23(30)14-5-8-16(26)9-6-14/h1-11,24H,12-13H2,(H,29,32). The second-order valence-corrected chi connectivity index (χ2v) is 10.0. The van der Waals surface area contributed by atoms with Crippen molar-refractivity contribution in [2.75, 3.05) is 5.75 Å². The van der Waals surface area contributed by atoms with E-state index in [0.29, 0.717) is 20.9 Å². The van der Waals surface area contributed by atoms with Crippen molar-refractivity contribution in [3.05, 3.63) is 87.6 Å². The van der Waals surface area contributed by atoms with E-state index in [2.05, 4.69) is 21.4 Å². The zero-order valence-corrected chi connectivity index (χ0v) is 20.7. The van der Waals surface area contributed by atoms with E-state index >= 15 is 0 Å². The summed E-state index contributed by atoms with van der Waals surface area (Å²) in [4.78, 5) is 30.4. The van der Waals surface area contributed by atoms with Gasteiger partial charge < -0.3 is 4.57 Å². The lowest BCUT2D eigenvalue weighted by molar-refractivity contribution is -0.139. The number of para-hydroxylation sites is 2. The van der Waals surface area contributed by atoms with Crippen LogP contribution in [0.2, 0.25) is 5.02 Å². The molecule has 10 heteroatoms. The molecule has 1 atom stereocenters. The Morgan fingerprint density at radius 3 is 2.71 bits per heavy atom. The predicted molar refractivity (Wildman–Crippen MR) is 134 cm³/mol. The molecule has 4 aromatic rings. The third-order valence-electron chi connectivity index (χ3n) is 5.40. The van der Waals surface area contributed by atoms with Crippen molar-refractivity contribution in [2.45, 2.75) is 11.9 Å². The fourth-order valence-electron chi connectivity index (χ4n) is 3.83. The molecule has 1 aromatic heterocycles. The fourth-order valence-corrected chi connectivity index (χ4v) is 5.45. The number of amides is 2. The van der Waals surface area contributed by atoms with Crippen molar-refractivity contribution in [2.24, 2.45) is 0 Å². The van der Waals surface area contributed by atoms with Gasteiger partial charge in [-0.3, -0.25) is 15.0 Å². The zero-order valence-electron chi connectivity index (χ0n) is 17.5. The van der Waals surface area contributed by atoms with E-state index < -0.39 is 11.2 Å². The minimum atomic E-state index is -0.455. The molecular formula is C24H17BrClFN4O2S. The summed E-state index contributed by atoms with van der Waals surface area (Å²) in [7, 11) is 0. The number of hydrogen-bond donors (Lipinski definition) is 1. The van der Waals surface area contributed by atoms with E-state index in [-0.39, 0.29) is 24.1 Å². The van der Waals surface area contributed by atoms with Crippen LogP contribution in [-0.2, 0) is 16.1 Å². The molecule has 6 nitrogen and oxygen atoms in total. The van der Waals surface area contributed by atoms with E-state index in [4.69, 9.17) is 16.6 Å². The fraction of sp³-hybridized carbons (Fsp3) is 0.125. The summed E-state index contributed by atoms with van der Waals surface area (Å²) in [5, 5.41) is 1.46. The minimum Gasteiger partial charge on any atom is -0.314 e. The molecule has 0 radical (unpaired) electrons. The molecule has 0 bridgehead atoms. The number of rotatable bonds is 5. The van der Waals surface area contributed by atoms with E-state index in [9.17, 15) is 14.0 Å². The lowest BCUT2D eigenvalue weighted by atomic mass is 10.2. The number of carbonyl (C=O) groups is 2. The van der Waals surface area contributed by atoms with Gasteiger partial charge >= 0.3 is 0 Å². The Hall–Kier alpha value is -2.88. The number of hydrogen-bond acceptors (Lipinski definition) is 4. The van der Waals surface area contributed by atoms with Gasteiger partial charge in [0, 0.05) is 10.6 Å². The third-order valence-corrected chi connectivity index (χ3v) is 7.47. The molecule has 172 valence electrons. The van der Waals surface area contributed by atoms with Crippen LogP contribution in [-0.4, -0.2) is 32.1 Å². The molecule has 3 aromatic carbocycles. The van der Waals surface area contributed by atoms with Gasteiger partial charge in [0.25, 0.3) is 11.8 Å².